The topological polar surface area (TPSA) is 65.7 Å². The number of piperidine rings is 1. The third-order valence-electron chi connectivity index (χ3n) is 4.33. The highest BCUT2D eigenvalue weighted by molar-refractivity contribution is 5.79. The van der Waals surface area contributed by atoms with Crippen LogP contribution >= 0.6 is 0 Å². The lowest BCUT2D eigenvalue weighted by Crippen LogP contribution is -2.38. The minimum atomic E-state index is 0.673. The zero-order chi connectivity index (χ0) is 16.7. The number of aliphatic imine (C=N–C) groups is 1. The van der Waals surface area contributed by atoms with Gasteiger partial charge >= 0.3 is 0 Å². The highest BCUT2D eigenvalue weighted by Crippen LogP contribution is 2.20. The van der Waals surface area contributed by atoms with Gasteiger partial charge in [-0.15, -0.1) is 0 Å². The lowest BCUT2D eigenvalue weighted by atomic mass is 9.97. The summed E-state index contributed by atoms with van der Waals surface area (Å²) in [5.41, 5.74) is 1.00. The summed E-state index contributed by atoms with van der Waals surface area (Å²) in [4.78, 5) is 11.6. The quantitative estimate of drug-likeness (QED) is 0.620. The number of oxazole rings is 1. The van der Waals surface area contributed by atoms with Crippen LogP contribution in [0.4, 0.5) is 0 Å². The fourth-order valence-corrected chi connectivity index (χ4v) is 2.85. The maximum atomic E-state index is 5.69. The molecular weight excluding hydrogens is 290 g/mol. The number of aromatic nitrogens is 1. The summed E-state index contributed by atoms with van der Waals surface area (Å²) in [5, 5.41) is 6.56. The van der Waals surface area contributed by atoms with Crippen LogP contribution in [0.2, 0.25) is 0 Å². The van der Waals surface area contributed by atoms with Gasteiger partial charge in [0, 0.05) is 19.6 Å². The van der Waals surface area contributed by atoms with E-state index >= 15 is 0 Å². The van der Waals surface area contributed by atoms with Gasteiger partial charge < -0.3 is 15.1 Å². The van der Waals surface area contributed by atoms with Crippen LogP contribution in [-0.2, 0) is 6.54 Å². The second-order valence-electron chi connectivity index (χ2n) is 6.22. The summed E-state index contributed by atoms with van der Waals surface area (Å²) in [6.07, 6.45) is 2.38. The van der Waals surface area contributed by atoms with E-state index < -0.39 is 0 Å². The van der Waals surface area contributed by atoms with Crippen LogP contribution in [0, 0.1) is 19.8 Å². The number of hydrogen-bond acceptors (Lipinski definition) is 4. The maximum absolute atomic E-state index is 5.69. The summed E-state index contributed by atoms with van der Waals surface area (Å²) in [5.74, 6) is 3.39. The van der Waals surface area contributed by atoms with E-state index in [0.29, 0.717) is 5.92 Å². The molecule has 0 bridgehead atoms. The standard InChI is InChI=1S/C17H31N5O/c1-5-18-17(19-6-2)20-11-15-7-9-22(10-8-15)12-16-21-13(3)14(4)23-16/h15H,5-12H2,1-4H3,(H2,18,19,20). The van der Waals surface area contributed by atoms with E-state index in [2.05, 4.69) is 34.4 Å². The zero-order valence-corrected chi connectivity index (χ0v) is 15.0. The number of nitrogens with zero attached hydrogens (tertiary/aromatic N) is 3. The smallest absolute Gasteiger partial charge is 0.208 e. The molecule has 6 nitrogen and oxygen atoms in total. The fourth-order valence-electron chi connectivity index (χ4n) is 2.85. The van der Waals surface area contributed by atoms with Crippen LogP contribution in [0.5, 0.6) is 0 Å². The number of likely N-dealkylation sites (tertiary alicyclic amines) is 1. The second kappa shape index (κ2) is 8.91. The van der Waals surface area contributed by atoms with E-state index in [9.17, 15) is 0 Å². The number of nitrogens with one attached hydrogen (secondary N) is 2. The molecule has 2 N–H and O–H groups in total. The normalized spacial score (nSPS) is 16.3. The first kappa shape index (κ1) is 17.8. The van der Waals surface area contributed by atoms with Gasteiger partial charge in [0.15, 0.2) is 5.96 Å². The Bertz CT molecular complexity index is 476. The Labute approximate surface area is 139 Å². The van der Waals surface area contributed by atoms with Crippen molar-refractivity contribution in [2.24, 2.45) is 10.9 Å². The Balaban J connectivity index is 1.76. The third kappa shape index (κ3) is 5.53. The minimum absolute atomic E-state index is 0.673. The summed E-state index contributed by atoms with van der Waals surface area (Å²) in [7, 11) is 0. The van der Waals surface area contributed by atoms with Crippen molar-refractivity contribution < 1.29 is 4.42 Å². The molecule has 1 aliphatic rings. The van der Waals surface area contributed by atoms with Gasteiger partial charge in [0.25, 0.3) is 0 Å². The zero-order valence-electron chi connectivity index (χ0n) is 15.0. The first-order chi connectivity index (χ1) is 11.1. The highest BCUT2D eigenvalue weighted by Gasteiger charge is 2.20. The van der Waals surface area contributed by atoms with Gasteiger partial charge in [-0.2, -0.15) is 0 Å². The van der Waals surface area contributed by atoms with Crippen molar-refractivity contribution in [3.05, 3.63) is 17.3 Å². The monoisotopic (exact) mass is 321 g/mol. The molecule has 1 aromatic heterocycles. The Hall–Kier alpha value is -1.56. The molecular formula is C17H31N5O. The van der Waals surface area contributed by atoms with E-state index in [4.69, 9.17) is 9.41 Å². The van der Waals surface area contributed by atoms with Crippen LogP contribution in [-0.4, -0.2) is 48.6 Å². The molecule has 0 aromatic carbocycles. The molecule has 1 aliphatic heterocycles. The van der Waals surface area contributed by atoms with Gasteiger partial charge in [0.2, 0.25) is 5.89 Å². The molecule has 0 saturated carbocycles. The number of guanidine groups is 1. The molecule has 0 aliphatic carbocycles. The first-order valence-corrected chi connectivity index (χ1v) is 8.79. The van der Waals surface area contributed by atoms with Crippen LogP contribution in [0.3, 0.4) is 0 Å². The molecule has 2 rings (SSSR count). The molecule has 0 spiro atoms. The number of rotatable bonds is 6. The largest absolute Gasteiger partial charge is 0.444 e. The van der Waals surface area contributed by atoms with Crippen molar-refractivity contribution in [2.75, 3.05) is 32.7 Å². The van der Waals surface area contributed by atoms with E-state index in [-0.39, 0.29) is 0 Å². The SMILES string of the molecule is CCNC(=NCC1CCN(Cc2nc(C)c(C)o2)CC1)NCC. The molecule has 130 valence electrons. The van der Waals surface area contributed by atoms with Crippen molar-refractivity contribution in [3.8, 4) is 0 Å². The average Bonchev–Trinajstić information content (AvgIpc) is 2.85. The van der Waals surface area contributed by atoms with Gasteiger partial charge in [0.1, 0.15) is 5.76 Å². The minimum Gasteiger partial charge on any atom is -0.444 e. The average molecular weight is 321 g/mol. The summed E-state index contributed by atoms with van der Waals surface area (Å²) in [6, 6.07) is 0. The van der Waals surface area contributed by atoms with E-state index in [1.54, 1.807) is 0 Å². The lowest BCUT2D eigenvalue weighted by Gasteiger charge is -2.30. The van der Waals surface area contributed by atoms with E-state index in [0.717, 1.165) is 62.6 Å². The Morgan fingerprint density at radius 2 is 1.87 bits per heavy atom. The van der Waals surface area contributed by atoms with Gasteiger partial charge in [0.05, 0.1) is 12.2 Å². The Kier molecular flexibility index (Phi) is 6.89. The van der Waals surface area contributed by atoms with Gasteiger partial charge in [-0.25, -0.2) is 4.98 Å². The molecule has 0 radical (unpaired) electrons. The van der Waals surface area contributed by atoms with Crippen molar-refractivity contribution in [1.82, 2.24) is 20.5 Å². The molecule has 6 heteroatoms. The van der Waals surface area contributed by atoms with Crippen molar-refractivity contribution in [2.45, 2.75) is 47.1 Å². The molecule has 0 atom stereocenters. The molecule has 23 heavy (non-hydrogen) atoms. The van der Waals surface area contributed by atoms with Crippen molar-refractivity contribution >= 4 is 5.96 Å². The molecule has 2 heterocycles. The summed E-state index contributed by atoms with van der Waals surface area (Å²) >= 11 is 0. The predicted molar refractivity (Wildman–Crippen MR) is 93.6 cm³/mol. The van der Waals surface area contributed by atoms with Crippen LogP contribution in [0.15, 0.2) is 9.41 Å². The first-order valence-electron chi connectivity index (χ1n) is 8.79. The van der Waals surface area contributed by atoms with E-state index in [1.807, 2.05) is 13.8 Å². The number of hydrogen-bond donors (Lipinski definition) is 2. The van der Waals surface area contributed by atoms with Gasteiger partial charge in [-0.05, 0) is 59.5 Å². The van der Waals surface area contributed by atoms with Crippen molar-refractivity contribution in [3.63, 3.8) is 0 Å². The molecule has 0 amide bonds. The Morgan fingerprint density at radius 3 is 2.39 bits per heavy atom. The molecule has 1 saturated heterocycles. The maximum Gasteiger partial charge on any atom is 0.208 e. The van der Waals surface area contributed by atoms with Gasteiger partial charge in [-0.1, -0.05) is 0 Å². The van der Waals surface area contributed by atoms with Crippen LogP contribution < -0.4 is 10.6 Å². The van der Waals surface area contributed by atoms with Crippen molar-refractivity contribution in [1.29, 1.82) is 0 Å². The fraction of sp³-hybridized carbons (Fsp3) is 0.765. The lowest BCUT2D eigenvalue weighted by molar-refractivity contribution is 0.166. The van der Waals surface area contributed by atoms with Gasteiger partial charge in [-0.3, -0.25) is 9.89 Å². The number of aryl methyl sites for hydroxylation is 2. The molecule has 1 fully saturated rings. The second-order valence-corrected chi connectivity index (χ2v) is 6.22. The van der Waals surface area contributed by atoms with Crippen LogP contribution in [0.1, 0.15) is 44.0 Å². The summed E-state index contributed by atoms with van der Waals surface area (Å²) < 4.78 is 5.69. The Morgan fingerprint density at radius 1 is 1.22 bits per heavy atom. The third-order valence-corrected chi connectivity index (χ3v) is 4.33. The molecule has 1 aromatic rings. The van der Waals surface area contributed by atoms with Crippen LogP contribution in [0.25, 0.3) is 0 Å². The van der Waals surface area contributed by atoms with E-state index in [1.165, 1.54) is 12.8 Å². The molecule has 0 unspecified atom stereocenters. The summed E-state index contributed by atoms with van der Waals surface area (Å²) in [6.45, 7) is 13.9. The highest BCUT2D eigenvalue weighted by atomic mass is 16.4. The predicted octanol–water partition coefficient (Wildman–Crippen LogP) is 2.08.